The molecule has 2 nitrogen and oxygen atoms in total. The normalized spacial score (nSPS) is 13.5. The molecule has 2 rings (SSSR count). The highest BCUT2D eigenvalue weighted by Crippen LogP contribution is 2.29. The Labute approximate surface area is 109 Å². The molecular formula is C14H14F3NO. The molecule has 0 bridgehead atoms. The monoisotopic (exact) mass is 269 g/mol. The van der Waals surface area contributed by atoms with Gasteiger partial charge >= 0.3 is 6.18 Å². The highest BCUT2D eigenvalue weighted by Gasteiger charge is 2.30. The molecule has 1 heterocycles. The Morgan fingerprint density at radius 1 is 1.21 bits per heavy atom. The van der Waals surface area contributed by atoms with E-state index in [9.17, 15) is 13.2 Å². The van der Waals surface area contributed by atoms with Crippen LogP contribution in [0.1, 0.15) is 29.9 Å². The van der Waals surface area contributed by atoms with Gasteiger partial charge < -0.3 is 9.73 Å². The molecule has 0 unspecified atom stereocenters. The smallest absolute Gasteiger partial charge is 0.416 e. The average Bonchev–Trinajstić information content (AvgIpc) is 2.89. The zero-order valence-electron chi connectivity index (χ0n) is 10.4. The van der Waals surface area contributed by atoms with Gasteiger partial charge in [-0.05, 0) is 30.7 Å². The van der Waals surface area contributed by atoms with Gasteiger partial charge in [-0.1, -0.05) is 18.2 Å². The van der Waals surface area contributed by atoms with E-state index in [-0.39, 0.29) is 6.04 Å². The predicted octanol–water partition coefficient (Wildman–Crippen LogP) is 4.15. The Bertz CT molecular complexity index is 520. The number of hydrogen-bond donors (Lipinski definition) is 1. The van der Waals surface area contributed by atoms with Crippen LogP contribution < -0.4 is 5.32 Å². The van der Waals surface area contributed by atoms with Gasteiger partial charge in [0.2, 0.25) is 0 Å². The summed E-state index contributed by atoms with van der Waals surface area (Å²) in [5, 5.41) is 3.12. The Morgan fingerprint density at radius 2 is 2.00 bits per heavy atom. The minimum Gasteiger partial charge on any atom is -0.468 e. The van der Waals surface area contributed by atoms with E-state index in [0.717, 1.165) is 17.9 Å². The lowest BCUT2D eigenvalue weighted by Crippen LogP contribution is -2.18. The van der Waals surface area contributed by atoms with Gasteiger partial charge in [-0.3, -0.25) is 0 Å². The zero-order chi connectivity index (χ0) is 13.9. The van der Waals surface area contributed by atoms with Crippen LogP contribution >= 0.6 is 0 Å². The van der Waals surface area contributed by atoms with Gasteiger partial charge in [0, 0.05) is 6.54 Å². The van der Waals surface area contributed by atoms with E-state index in [1.54, 1.807) is 18.4 Å². The van der Waals surface area contributed by atoms with Crippen molar-refractivity contribution in [3.05, 3.63) is 59.5 Å². The van der Waals surface area contributed by atoms with E-state index in [4.69, 9.17) is 4.42 Å². The summed E-state index contributed by atoms with van der Waals surface area (Å²) in [5.41, 5.74) is -0.0364. The summed E-state index contributed by atoms with van der Waals surface area (Å²) in [6.07, 6.45) is -2.74. The van der Waals surface area contributed by atoms with Crippen molar-refractivity contribution in [2.24, 2.45) is 0 Å². The molecule has 1 aromatic carbocycles. The van der Waals surface area contributed by atoms with E-state index < -0.39 is 11.7 Å². The van der Waals surface area contributed by atoms with Crippen LogP contribution in [0.5, 0.6) is 0 Å². The second kappa shape index (κ2) is 5.48. The molecule has 0 fully saturated rings. The Morgan fingerprint density at radius 3 is 2.63 bits per heavy atom. The largest absolute Gasteiger partial charge is 0.468 e. The van der Waals surface area contributed by atoms with Crippen molar-refractivity contribution in [3.8, 4) is 0 Å². The standard InChI is InChI=1S/C14H14F3NO/c1-10(13-6-3-7-19-13)18-9-11-4-2-5-12(8-11)14(15,16)17/h2-8,10,18H,9H2,1H3/t10-/m1/s1. The first-order chi connectivity index (χ1) is 8.97. The highest BCUT2D eigenvalue weighted by atomic mass is 19.4. The number of halogens is 3. The minimum atomic E-state index is -4.30. The molecule has 19 heavy (non-hydrogen) atoms. The fraction of sp³-hybridized carbons (Fsp3) is 0.286. The van der Waals surface area contributed by atoms with E-state index in [1.165, 1.54) is 6.07 Å². The number of benzene rings is 1. The molecule has 0 radical (unpaired) electrons. The Hall–Kier alpha value is -1.75. The average molecular weight is 269 g/mol. The second-order valence-electron chi connectivity index (χ2n) is 4.32. The summed E-state index contributed by atoms with van der Waals surface area (Å²) in [4.78, 5) is 0. The summed E-state index contributed by atoms with van der Waals surface area (Å²) in [6, 6.07) is 8.85. The van der Waals surface area contributed by atoms with Crippen molar-refractivity contribution < 1.29 is 17.6 Å². The first-order valence-corrected chi connectivity index (χ1v) is 5.90. The van der Waals surface area contributed by atoms with Crippen LogP contribution in [0.25, 0.3) is 0 Å². The number of nitrogens with one attached hydrogen (secondary N) is 1. The van der Waals surface area contributed by atoms with Crippen molar-refractivity contribution >= 4 is 0 Å². The number of furan rings is 1. The molecular weight excluding hydrogens is 255 g/mol. The van der Waals surface area contributed by atoms with Crippen molar-refractivity contribution in [2.45, 2.75) is 25.7 Å². The SMILES string of the molecule is C[C@@H](NCc1cccc(C(F)(F)F)c1)c1ccco1. The van der Waals surface area contributed by atoms with Crippen molar-refractivity contribution in [3.63, 3.8) is 0 Å². The lowest BCUT2D eigenvalue weighted by atomic mass is 10.1. The van der Waals surface area contributed by atoms with Gasteiger partial charge in [0.25, 0.3) is 0 Å². The van der Waals surface area contributed by atoms with Crippen LogP contribution in [0.2, 0.25) is 0 Å². The molecule has 1 N–H and O–H groups in total. The Balaban J connectivity index is 2.00. The lowest BCUT2D eigenvalue weighted by Gasteiger charge is -2.13. The van der Waals surface area contributed by atoms with Crippen LogP contribution in [-0.4, -0.2) is 0 Å². The van der Waals surface area contributed by atoms with Crippen molar-refractivity contribution in [1.29, 1.82) is 0 Å². The fourth-order valence-corrected chi connectivity index (χ4v) is 1.77. The quantitative estimate of drug-likeness (QED) is 0.902. The van der Waals surface area contributed by atoms with Crippen molar-refractivity contribution in [2.75, 3.05) is 0 Å². The van der Waals surface area contributed by atoms with Gasteiger partial charge in [-0.2, -0.15) is 13.2 Å². The maximum absolute atomic E-state index is 12.6. The third-order valence-corrected chi connectivity index (χ3v) is 2.84. The van der Waals surface area contributed by atoms with E-state index in [0.29, 0.717) is 12.1 Å². The highest BCUT2D eigenvalue weighted by molar-refractivity contribution is 5.25. The summed E-state index contributed by atoms with van der Waals surface area (Å²) in [6.45, 7) is 2.25. The molecule has 102 valence electrons. The molecule has 1 aromatic heterocycles. The molecule has 0 spiro atoms. The first kappa shape index (κ1) is 13.7. The van der Waals surface area contributed by atoms with Crippen LogP contribution in [-0.2, 0) is 12.7 Å². The molecule has 2 aromatic rings. The minimum absolute atomic E-state index is 0.0513. The fourth-order valence-electron chi connectivity index (χ4n) is 1.77. The number of hydrogen-bond acceptors (Lipinski definition) is 2. The molecule has 1 atom stereocenters. The second-order valence-corrected chi connectivity index (χ2v) is 4.32. The van der Waals surface area contributed by atoms with Crippen molar-refractivity contribution in [1.82, 2.24) is 5.32 Å². The zero-order valence-corrected chi connectivity index (χ0v) is 10.4. The van der Waals surface area contributed by atoms with Gasteiger partial charge in [-0.25, -0.2) is 0 Å². The predicted molar refractivity (Wildman–Crippen MR) is 65.4 cm³/mol. The Kier molecular flexibility index (Phi) is 3.95. The molecule has 0 aliphatic carbocycles. The number of alkyl halides is 3. The van der Waals surface area contributed by atoms with Crippen LogP contribution in [0.4, 0.5) is 13.2 Å². The molecule has 0 saturated carbocycles. The van der Waals surface area contributed by atoms with Gasteiger partial charge in [0.05, 0.1) is 17.9 Å². The molecule has 0 aliphatic rings. The van der Waals surface area contributed by atoms with E-state index in [1.807, 2.05) is 13.0 Å². The molecule has 0 saturated heterocycles. The van der Waals surface area contributed by atoms with E-state index >= 15 is 0 Å². The number of rotatable bonds is 4. The topological polar surface area (TPSA) is 25.2 Å². The summed E-state index contributed by atoms with van der Waals surface area (Å²) < 4.78 is 42.9. The summed E-state index contributed by atoms with van der Waals surface area (Å²) in [5.74, 6) is 0.756. The molecule has 0 aliphatic heterocycles. The molecule has 0 amide bonds. The van der Waals surface area contributed by atoms with Crippen LogP contribution in [0, 0.1) is 0 Å². The third-order valence-electron chi connectivity index (χ3n) is 2.84. The lowest BCUT2D eigenvalue weighted by molar-refractivity contribution is -0.137. The summed E-state index contributed by atoms with van der Waals surface area (Å²) in [7, 11) is 0. The van der Waals surface area contributed by atoms with Gasteiger partial charge in [0.1, 0.15) is 5.76 Å². The first-order valence-electron chi connectivity index (χ1n) is 5.90. The van der Waals surface area contributed by atoms with Gasteiger partial charge in [-0.15, -0.1) is 0 Å². The van der Waals surface area contributed by atoms with Crippen LogP contribution in [0.15, 0.2) is 47.1 Å². The van der Waals surface area contributed by atoms with Crippen LogP contribution in [0.3, 0.4) is 0 Å². The third kappa shape index (κ3) is 3.61. The van der Waals surface area contributed by atoms with Gasteiger partial charge in [0.15, 0.2) is 0 Å². The maximum Gasteiger partial charge on any atom is 0.416 e. The van der Waals surface area contributed by atoms with E-state index in [2.05, 4.69) is 5.32 Å². The summed E-state index contributed by atoms with van der Waals surface area (Å²) >= 11 is 0. The molecule has 5 heteroatoms. The maximum atomic E-state index is 12.6.